The predicted octanol–water partition coefficient (Wildman–Crippen LogP) is 4.85. The Morgan fingerprint density at radius 1 is 0.633 bits per heavy atom. The molecule has 30 heavy (non-hydrogen) atoms. The Bertz CT molecular complexity index is 1100. The van der Waals surface area contributed by atoms with Gasteiger partial charge < -0.3 is 9.47 Å². The van der Waals surface area contributed by atoms with E-state index in [0.717, 1.165) is 10.8 Å². The molecule has 2 aromatic carbocycles. The first-order valence-corrected chi connectivity index (χ1v) is 9.79. The summed E-state index contributed by atoms with van der Waals surface area (Å²) in [7, 11) is 0. The Kier molecular flexibility index (Phi) is 5.94. The van der Waals surface area contributed by atoms with Gasteiger partial charge in [0.05, 0.1) is 0 Å². The summed E-state index contributed by atoms with van der Waals surface area (Å²) in [5, 5.41) is 1.82. The van der Waals surface area contributed by atoms with E-state index in [2.05, 4.69) is 9.97 Å². The highest BCUT2D eigenvalue weighted by Crippen LogP contribution is 2.24. The number of pyridine rings is 2. The highest BCUT2D eigenvalue weighted by Gasteiger charge is 2.11. The number of rotatable bonds is 7. The molecule has 0 amide bonds. The Hall–Kier alpha value is -3.80. The quantitative estimate of drug-likeness (QED) is 0.251. The van der Waals surface area contributed by atoms with Crippen molar-refractivity contribution in [3.63, 3.8) is 0 Å². The molecule has 4 aromatic rings. The topological polar surface area (TPSA) is 78.4 Å². The summed E-state index contributed by atoms with van der Waals surface area (Å²) in [6, 6.07) is 18.4. The largest absolute Gasteiger partial charge is 0.424 e. The van der Waals surface area contributed by atoms with Gasteiger partial charge >= 0.3 is 11.9 Å². The fourth-order valence-electron chi connectivity index (χ4n) is 3.20. The average Bonchev–Trinajstić information content (AvgIpc) is 2.77. The summed E-state index contributed by atoms with van der Waals surface area (Å²) in [5.74, 6) is 0.196. The van der Waals surface area contributed by atoms with E-state index in [4.69, 9.17) is 9.47 Å². The number of benzene rings is 2. The van der Waals surface area contributed by atoms with E-state index in [9.17, 15) is 9.59 Å². The van der Waals surface area contributed by atoms with Crippen LogP contribution in [0.2, 0.25) is 0 Å². The van der Waals surface area contributed by atoms with Crippen LogP contribution in [0.5, 0.6) is 11.5 Å². The standard InChI is InChI=1S/C24H20N2O4/c27-21(29-19-11-3-7-17-9-5-15-25-23(17)19)13-1-2-14-22(28)30-20-12-4-8-18-10-6-16-26-24(18)20/h3-12,15-16H,1-2,13-14H2. The molecule has 150 valence electrons. The molecule has 2 aromatic heterocycles. The maximum absolute atomic E-state index is 12.2. The van der Waals surface area contributed by atoms with Crippen LogP contribution in [0.1, 0.15) is 25.7 Å². The van der Waals surface area contributed by atoms with Crippen LogP contribution in [0.15, 0.2) is 73.1 Å². The van der Waals surface area contributed by atoms with Crippen molar-refractivity contribution in [3.05, 3.63) is 73.1 Å². The van der Waals surface area contributed by atoms with E-state index >= 15 is 0 Å². The first kappa shape index (κ1) is 19.5. The molecule has 0 fully saturated rings. The molecular weight excluding hydrogens is 380 g/mol. The van der Waals surface area contributed by atoms with Gasteiger partial charge in [-0.25, -0.2) is 0 Å². The number of nitrogens with zero attached hydrogens (tertiary/aromatic N) is 2. The number of unbranched alkanes of at least 4 members (excludes halogenated alkanes) is 1. The molecule has 2 heterocycles. The highest BCUT2D eigenvalue weighted by molar-refractivity contribution is 5.88. The third kappa shape index (κ3) is 4.60. The SMILES string of the molecule is O=C(CCCCC(=O)Oc1cccc2cccnc12)Oc1cccc2cccnc12. The fourth-order valence-corrected chi connectivity index (χ4v) is 3.20. The molecular formula is C24H20N2O4. The number of hydrogen-bond donors (Lipinski definition) is 0. The molecule has 0 spiro atoms. The highest BCUT2D eigenvalue weighted by atomic mass is 16.5. The van der Waals surface area contributed by atoms with Crippen molar-refractivity contribution in [2.45, 2.75) is 25.7 Å². The van der Waals surface area contributed by atoms with Gasteiger partial charge in [0.25, 0.3) is 0 Å². The van der Waals surface area contributed by atoms with Gasteiger partial charge in [-0.05, 0) is 37.1 Å². The van der Waals surface area contributed by atoms with Crippen LogP contribution in [-0.4, -0.2) is 21.9 Å². The third-order valence-corrected chi connectivity index (χ3v) is 4.65. The van der Waals surface area contributed by atoms with Crippen molar-refractivity contribution in [2.75, 3.05) is 0 Å². The number of para-hydroxylation sites is 2. The Morgan fingerprint density at radius 3 is 1.53 bits per heavy atom. The van der Waals surface area contributed by atoms with Gasteiger partial charge in [0.15, 0.2) is 11.5 Å². The maximum Gasteiger partial charge on any atom is 0.311 e. The Balaban J connectivity index is 1.25. The molecule has 0 radical (unpaired) electrons. The van der Waals surface area contributed by atoms with E-state index in [1.165, 1.54) is 0 Å². The summed E-state index contributed by atoms with van der Waals surface area (Å²) < 4.78 is 10.9. The van der Waals surface area contributed by atoms with Gasteiger partial charge in [-0.3, -0.25) is 19.6 Å². The summed E-state index contributed by atoms with van der Waals surface area (Å²) in [6.07, 6.45) is 4.81. The smallest absolute Gasteiger partial charge is 0.311 e. The molecule has 0 aliphatic heterocycles. The number of esters is 2. The van der Waals surface area contributed by atoms with Gasteiger partial charge in [-0.2, -0.15) is 0 Å². The summed E-state index contributed by atoms with van der Waals surface area (Å²) in [6.45, 7) is 0. The van der Waals surface area contributed by atoms with Gasteiger partial charge in [0.2, 0.25) is 0 Å². The Morgan fingerprint density at radius 2 is 1.07 bits per heavy atom. The molecule has 0 unspecified atom stereocenters. The van der Waals surface area contributed by atoms with Gasteiger partial charge in [-0.15, -0.1) is 0 Å². The van der Waals surface area contributed by atoms with Gasteiger partial charge in [-0.1, -0.05) is 36.4 Å². The van der Waals surface area contributed by atoms with Crippen LogP contribution in [0, 0.1) is 0 Å². The normalized spacial score (nSPS) is 10.8. The zero-order chi connectivity index (χ0) is 20.8. The molecule has 0 bridgehead atoms. The lowest BCUT2D eigenvalue weighted by Gasteiger charge is -2.08. The van der Waals surface area contributed by atoms with Gasteiger partial charge in [0, 0.05) is 36.0 Å². The molecule has 0 saturated heterocycles. The lowest BCUT2D eigenvalue weighted by Crippen LogP contribution is -2.10. The van der Waals surface area contributed by atoms with Crippen molar-refractivity contribution < 1.29 is 19.1 Å². The average molecular weight is 400 g/mol. The zero-order valence-electron chi connectivity index (χ0n) is 16.3. The second-order valence-electron chi connectivity index (χ2n) is 6.82. The minimum atomic E-state index is -0.347. The van der Waals surface area contributed by atoms with Crippen LogP contribution in [0.4, 0.5) is 0 Å². The van der Waals surface area contributed by atoms with E-state index in [-0.39, 0.29) is 24.8 Å². The summed E-state index contributed by atoms with van der Waals surface area (Å²) >= 11 is 0. The van der Waals surface area contributed by atoms with Crippen molar-refractivity contribution >= 4 is 33.7 Å². The second kappa shape index (κ2) is 9.13. The molecule has 6 nitrogen and oxygen atoms in total. The van der Waals surface area contributed by atoms with E-state index in [0.29, 0.717) is 35.4 Å². The first-order valence-electron chi connectivity index (χ1n) is 9.79. The van der Waals surface area contributed by atoms with Crippen LogP contribution in [0.3, 0.4) is 0 Å². The minimum Gasteiger partial charge on any atom is -0.424 e. The molecule has 0 saturated carbocycles. The first-order chi connectivity index (χ1) is 14.7. The molecule has 0 N–H and O–H groups in total. The lowest BCUT2D eigenvalue weighted by atomic mass is 10.2. The van der Waals surface area contributed by atoms with Crippen molar-refractivity contribution in [3.8, 4) is 11.5 Å². The monoisotopic (exact) mass is 400 g/mol. The van der Waals surface area contributed by atoms with Crippen LogP contribution >= 0.6 is 0 Å². The van der Waals surface area contributed by atoms with E-state index in [1.54, 1.807) is 24.5 Å². The molecule has 0 atom stereocenters. The van der Waals surface area contributed by atoms with Gasteiger partial charge in [0.1, 0.15) is 11.0 Å². The lowest BCUT2D eigenvalue weighted by molar-refractivity contribution is -0.136. The Labute approximate surface area is 173 Å². The predicted molar refractivity (Wildman–Crippen MR) is 113 cm³/mol. The van der Waals surface area contributed by atoms with Crippen molar-refractivity contribution in [1.82, 2.24) is 9.97 Å². The number of carbonyl (C=O) groups is 2. The van der Waals surface area contributed by atoms with Crippen molar-refractivity contribution in [2.24, 2.45) is 0 Å². The number of aromatic nitrogens is 2. The maximum atomic E-state index is 12.2. The second-order valence-corrected chi connectivity index (χ2v) is 6.82. The van der Waals surface area contributed by atoms with Crippen LogP contribution < -0.4 is 9.47 Å². The molecule has 6 heteroatoms. The number of ether oxygens (including phenoxy) is 2. The summed E-state index contributed by atoms with van der Waals surface area (Å²) in [5.41, 5.74) is 1.31. The van der Waals surface area contributed by atoms with Crippen LogP contribution in [0.25, 0.3) is 21.8 Å². The van der Waals surface area contributed by atoms with Crippen LogP contribution in [-0.2, 0) is 9.59 Å². The van der Waals surface area contributed by atoms with Crippen molar-refractivity contribution in [1.29, 1.82) is 0 Å². The summed E-state index contributed by atoms with van der Waals surface area (Å²) in [4.78, 5) is 32.9. The number of hydrogen-bond acceptors (Lipinski definition) is 6. The number of carbonyl (C=O) groups excluding carboxylic acids is 2. The molecule has 0 aliphatic carbocycles. The zero-order valence-corrected chi connectivity index (χ0v) is 16.3. The minimum absolute atomic E-state index is 0.215. The van der Waals surface area contributed by atoms with E-state index in [1.807, 2.05) is 48.5 Å². The fraction of sp³-hybridized carbons (Fsp3) is 0.167. The molecule has 4 rings (SSSR count). The molecule has 0 aliphatic rings. The third-order valence-electron chi connectivity index (χ3n) is 4.65. The number of fused-ring (bicyclic) bond motifs is 2. The van der Waals surface area contributed by atoms with E-state index < -0.39 is 0 Å².